The minimum absolute atomic E-state index is 0.0634. The Morgan fingerprint density at radius 2 is 2.14 bits per heavy atom. The van der Waals surface area contributed by atoms with Gasteiger partial charge < -0.3 is 14.2 Å². The number of rotatable bonds is 2. The van der Waals surface area contributed by atoms with Gasteiger partial charge in [-0.2, -0.15) is 0 Å². The molecule has 2 atom stereocenters. The molecule has 110 valence electrons. The molecule has 0 N–H and O–H groups in total. The van der Waals surface area contributed by atoms with E-state index < -0.39 is 0 Å². The molecule has 2 aromatic rings. The Morgan fingerprint density at radius 3 is 2.86 bits per heavy atom. The van der Waals surface area contributed by atoms with Crippen molar-refractivity contribution >= 4 is 23.4 Å². The van der Waals surface area contributed by atoms with Gasteiger partial charge in [0, 0.05) is 16.2 Å². The number of aromatic nitrogens is 1. The fraction of sp³-hybridized carbons (Fsp3) is 0.333. The molecule has 21 heavy (non-hydrogen) atoms. The standard InChI is InChI=1S/C15H16N2O3S/c1-9-10(2)21-13-7-5-4-6-11(13)17(9)15(18)12-8-14(19-3)16-20-12/h4-10H,1-3H3/t9-,10-/m1/s1. The minimum atomic E-state index is -0.196. The van der Waals surface area contributed by atoms with Crippen LogP contribution in [0.5, 0.6) is 5.88 Å². The molecule has 0 bridgehead atoms. The molecule has 3 rings (SSSR count). The second-order valence-corrected chi connectivity index (χ2v) is 6.36. The SMILES string of the molecule is COc1cc(C(=O)N2c3ccccc3S[C@H](C)[C@H]2C)on1. The maximum absolute atomic E-state index is 12.8. The normalized spacial score (nSPS) is 21.0. The zero-order valence-electron chi connectivity index (χ0n) is 12.1. The van der Waals surface area contributed by atoms with Gasteiger partial charge >= 0.3 is 0 Å². The summed E-state index contributed by atoms with van der Waals surface area (Å²) in [7, 11) is 1.49. The highest BCUT2D eigenvalue weighted by atomic mass is 32.2. The Kier molecular flexibility index (Phi) is 3.63. The van der Waals surface area contributed by atoms with Crippen molar-refractivity contribution in [2.45, 2.75) is 30.0 Å². The van der Waals surface area contributed by atoms with Crippen LogP contribution in [0, 0.1) is 0 Å². The van der Waals surface area contributed by atoms with Gasteiger partial charge in [-0.15, -0.1) is 11.8 Å². The minimum Gasteiger partial charge on any atom is -0.479 e. The number of nitrogens with zero attached hydrogens (tertiary/aromatic N) is 2. The average molecular weight is 304 g/mol. The van der Waals surface area contributed by atoms with Crippen LogP contribution in [-0.4, -0.2) is 29.5 Å². The van der Waals surface area contributed by atoms with E-state index in [1.54, 1.807) is 16.7 Å². The molecule has 6 heteroatoms. The second kappa shape index (κ2) is 5.44. The number of methoxy groups -OCH3 is 1. The monoisotopic (exact) mass is 304 g/mol. The van der Waals surface area contributed by atoms with Crippen LogP contribution < -0.4 is 9.64 Å². The molecule has 5 nitrogen and oxygen atoms in total. The van der Waals surface area contributed by atoms with Crippen LogP contribution in [-0.2, 0) is 0 Å². The summed E-state index contributed by atoms with van der Waals surface area (Å²) in [6, 6.07) is 9.48. The average Bonchev–Trinajstić information content (AvgIpc) is 2.97. The number of carbonyl (C=O) groups excluding carboxylic acids is 1. The number of para-hydroxylation sites is 1. The summed E-state index contributed by atoms with van der Waals surface area (Å²) in [6.45, 7) is 4.16. The highest BCUT2D eigenvalue weighted by Gasteiger charge is 2.35. The van der Waals surface area contributed by atoms with Crippen LogP contribution in [0.3, 0.4) is 0 Å². The van der Waals surface area contributed by atoms with E-state index in [0.717, 1.165) is 10.6 Å². The Morgan fingerprint density at radius 1 is 1.38 bits per heavy atom. The molecule has 0 aliphatic carbocycles. The molecule has 1 amide bonds. The number of fused-ring (bicyclic) bond motifs is 1. The van der Waals surface area contributed by atoms with E-state index >= 15 is 0 Å². The molecule has 0 fully saturated rings. The van der Waals surface area contributed by atoms with E-state index in [2.05, 4.69) is 12.1 Å². The first-order chi connectivity index (χ1) is 10.1. The Hall–Kier alpha value is -1.95. The third-order valence-corrected chi connectivity index (χ3v) is 5.02. The fourth-order valence-electron chi connectivity index (χ4n) is 2.35. The lowest BCUT2D eigenvalue weighted by molar-refractivity contribution is 0.0941. The summed E-state index contributed by atoms with van der Waals surface area (Å²) in [5, 5.41) is 4.00. The highest BCUT2D eigenvalue weighted by Crippen LogP contribution is 2.42. The highest BCUT2D eigenvalue weighted by molar-refractivity contribution is 8.00. The molecular formula is C15H16N2O3S. The summed E-state index contributed by atoms with van der Waals surface area (Å²) >= 11 is 1.78. The number of anilines is 1. The van der Waals surface area contributed by atoms with Gasteiger partial charge in [0.15, 0.2) is 0 Å². The molecular weight excluding hydrogens is 288 g/mol. The maximum atomic E-state index is 12.8. The molecule has 2 heterocycles. The van der Waals surface area contributed by atoms with E-state index in [1.165, 1.54) is 13.2 Å². The van der Waals surface area contributed by atoms with Gasteiger partial charge in [0.25, 0.3) is 11.8 Å². The van der Waals surface area contributed by atoms with Gasteiger partial charge in [-0.3, -0.25) is 4.79 Å². The first kappa shape index (κ1) is 14.0. The molecule has 0 unspecified atom stereocenters. The summed E-state index contributed by atoms with van der Waals surface area (Å²) < 4.78 is 10.1. The van der Waals surface area contributed by atoms with Crippen LogP contribution in [0.25, 0.3) is 0 Å². The van der Waals surface area contributed by atoms with Gasteiger partial charge in [-0.1, -0.05) is 19.1 Å². The zero-order valence-corrected chi connectivity index (χ0v) is 12.9. The summed E-state index contributed by atoms with van der Waals surface area (Å²) in [6.07, 6.45) is 0. The van der Waals surface area contributed by atoms with Crippen molar-refractivity contribution in [2.24, 2.45) is 0 Å². The summed E-state index contributed by atoms with van der Waals surface area (Å²) in [4.78, 5) is 15.6. The zero-order chi connectivity index (χ0) is 15.0. The van der Waals surface area contributed by atoms with Crippen molar-refractivity contribution in [3.8, 4) is 5.88 Å². The number of hydrogen-bond acceptors (Lipinski definition) is 5. The van der Waals surface area contributed by atoms with E-state index in [9.17, 15) is 4.79 Å². The van der Waals surface area contributed by atoms with Crippen molar-refractivity contribution in [3.63, 3.8) is 0 Å². The van der Waals surface area contributed by atoms with Gasteiger partial charge in [0.1, 0.15) is 0 Å². The van der Waals surface area contributed by atoms with Crippen molar-refractivity contribution in [1.29, 1.82) is 0 Å². The number of ether oxygens (including phenoxy) is 1. The first-order valence-corrected chi connectivity index (χ1v) is 7.59. The predicted molar refractivity (Wildman–Crippen MR) is 81.1 cm³/mol. The van der Waals surface area contributed by atoms with Crippen LogP contribution in [0.4, 0.5) is 5.69 Å². The number of carbonyl (C=O) groups is 1. The Labute approximate surface area is 127 Å². The van der Waals surface area contributed by atoms with Gasteiger partial charge in [-0.05, 0) is 24.2 Å². The smallest absolute Gasteiger partial charge is 0.297 e. The molecule has 0 saturated carbocycles. The Balaban J connectivity index is 2.01. The maximum Gasteiger partial charge on any atom is 0.297 e. The molecule has 0 radical (unpaired) electrons. The molecule has 0 spiro atoms. The molecule has 0 saturated heterocycles. The quantitative estimate of drug-likeness (QED) is 0.852. The predicted octanol–water partition coefficient (Wildman–Crippen LogP) is 3.21. The van der Waals surface area contributed by atoms with Crippen molar-refractivity contribution < 1.29 is 14.1 Å². The van der Waals surface area contributed by atoms with E-state index in [0.29, 0.717) is 11.1 Å². The van der Waals surface area contributed by atoms with E-state index in [4.69, 9.17) is 9.26 Å². The number of benzene rings is 1. The second-order valence-electron chi connectivity index (χ2n) is 4.94. The largest absolute Gasteiger partial charge is 0.479 e. The summed E-state index contributed by atoms with van der Waals surface area (Å²) in [5.41, 5.74) is 0.911. The van der Waals surface area contributed by atoms with Gasteiger partial charge in [0.2, 0.25) is 5.76 Å². The lowest BCUT2D eigenvalue weighted by atomic mass is 10.1. The topological polar surface area (TPSA) is 55.6 Å². The number of hydrogen-bond donors (Lipinski definition) is 0. The number of thioether (sulfide) groups is 1. The van der Waals surface area contributed by atoms with Crippen LogP contribution >= 0.6 is 11.8 Å². The Bertz CT molecular complexity index is 670. The van der Waals surface area contributed by atoms with E-state index in [1.807, 2.05) is 31.2 Å². The van der Waals surface area contributed by atoms with Crippen LogP contribution in [0.1, 0.15) is 24.4 Å². The fourth-order valence-corrected chi connectivity index (χ4v) is 3.52. The third-order valence-electron chi connectivity index (χ3n) is 3.65. The first-order valence-electron chi connectivity index (χ1n) is 6.71. The summed E-state index contributed by atoms with van der Waals surface area (Å²) in [5.74, 6) is 0.296. The lowest BCUT2D eigenvalue weighted by Crippen LogP contribution is -2.46. The molecule has 1 aromatic carbocycles. The van der Waals surface area contributed by atoms with Crippen molar-refractivity contribution in [2.75, 3.05) is 12.0 Å². The third kappa shape index (κ3) is 2.40. The molecule has 1 aliphatic rings. The van der Waals surface area contributed by atoms with Crippen LogP contribution in [0.2, 0.25) is 0 Å². The number of amides is 1. The van der Waals surface area contributed by atoms with Crippen LogP contribution in [0.15, 0.2) is 39.8 Å². The lowest BCUT2D eigenvalue weighted by Gasteiger charge is -2.38. The van der Waals surface area contributed by atoms with Gasteiger partial charge in [-0.25, -0.2) is 0 Å². The van der Waals surface area contributed by atoms with Crippen molar-refractivity contribution in [3.05, 3.63) is 36.1 Å². The van der Waals surface area contributed by atoms with Gasteiger partial charge in [0.05, 0.1) is 18.9 Å². The van der Waals surface area contributed by atoms with Crippen molar-refractivity contribution in [1.82, 2.24) is 5.16 Å². The molecule has 1 aromatic heterocycles. The van der Waals surface area contributed by atoms with E-state index in [-0.39, 0.29) is 17.7 Å². The molecule has 1 aliphatic heterocycles.